The van der Waals surface area contributed by atoms with Crippen molar-refractivity contribution >= 4 is 34.9 Å². The predicted octanol–water partition coefficient (Wildman–Crippen LogP) is 6.84. The van der Waals surface area contributed by atoms with Crippen LogP contribution in [0, 0.1) is 0 Å². The number of nitrogens with zero attached hydrogens (tertiary/aromatic N) is 6. The van der Waals surface area contributed by atoms with E-state index in [9.17, 15) is 0 Å². The molecule has 0 N–H and O–H groups in total. The van der Waals surface area contributed by atoms with E-state index >= 15 is 0 Å². The van der Waals surface area contributed by atoms with Gasteiger partial charge in [0.2, 0.25) is 0 Å². The monoisotopic (exact) mass is 342 g/mol. The topological polar surface area (TPSA) is 97.5 Å². The van der Waals surface area contributed by atoms with Crippen molar-refractivity contribution in [3.63, 3.8) is 0 Å². The van der Waals surface area contributed by atoms with Crippen LogP contribution < -0.4 is 0 Å². The van der Waals surface area contributed by atoms with Gasteiger partial charge in [0.05, 0.1) is 0 Å². The van der Waals surface area contributed by atoms with Gasteiger partial charge in [0.25, 0.3) is 0 Å². The molecule has 0 spiro atoms. The molecule has 0 bridgehead atoms. The molecule has 0 unspecified atom stereocenters. The summed E-state index contributed by atoms with van der Waals surface area (Å²) < 4.78 is 0. The van der Waals surface area contributed by atoms with Crippen LogP contribution in [0.3, 0.4) is 0 Å². The fourth-order valence-electron chi connectivity index (χ4n) is 1.81. The minimum absolute atomic E-state index is 0.640. The highest BCUT2D eigenvalue weighted by atomic mass is 32.2. The van der Waals surface area contributed by atoms with Gasteiger partial charge < -0.3 is 0 Å². The van der Waals surface area contributed by atoms with Crippen LogP contribution >= 0.6 is 23.5 Å². The van der Waals surface area contributed by atoms with Gasteiger partial charge in [-0.05, 0) is 53.3 Å². The molecule has 0 aromatic heterocycles. The second-order valence-corrected chi connectivity index (χ2v) is 6.76. The molecule has 116 valence electrons. The lowest BCUT2D eigenvalue weighted by Crippen LogP contribution is -1.84. The van der Waals surface area contributed by atoms with Crippen LogP contribution in [-0.2, 0) is 0 Å². The van der Waals surface area contributed by atoms with Crippen molar-refractivity contribution in [2.45, 2.75) is 16.2 Å². The Labute approximate surface area is 142 Å². The quantitative estimate of drug-likeness (QED) is 0.172. The molecule has 8 heteroatoms. The molecule has 2 rings (SSSR count). The van der Waals surface area contributed by atoms with Gasteiger partial charge in [-0.25, -0.2) is 0 Å². The molecular formula is C15H14N6S2. The maximum atomic E-state index is 8.44. The summed E-state index contributed by atoms with van der Waals surface area (Å²) in [7, 11) is 0. The molecule has 0 heterocycles. The second-order valence-electron chi connectivity index (χ2n) is 4.42. The zero-order valence-electron chi connectivity index (χ0n) is 12.2. The largest absolute Gasteiger partial charge is 0.126 e. The molecule has 0 aliphatic heterocycles. The summed E-state index contributed by atoms with van der Waals surface area (Å²) in [4.78, 5) is 7.79. The van der Waals surface area contributed by atoms with Crippen LogP contribution in [0.15, 0.2) is 68.6 Å². The third-order valence-corrected chi connectivity index (χ3v) is 4.94. The van der Waals surface area contributed by atoms with Gasteiger partial charge in [-0.1, -0.05) is 34.5 Å². The van der Waals surface area contributed by atoms with Crippen LogP contribution in [0.1, 0.15) is 6.42 Å². The van der Waals surface area contributed by atoms with E-state index < -0.39 is 0 Å². The fraction of sp³-hybridized carbons (Fsp3) is 0.200. The summed E-state index contributed by atoms with van der Waals surface area (Å²) >= 11 is 3.49. The summed E-state index contributed by atoms with van der Waals surface area (Å²) in [5.41, 5.74) is 18.2. The van der Waals surface area contributed by atoms with Crippen molar-refractivity contribution in [1.29, 1.82) is 0 Å². The third-order valence-electron chi connectivity index (χ3n) is 2.78. The van der Waals surface area contributed by atoms with Gasteiger partial charge in [0.15, 0.2) is 0 Å². The average molecular weight is 342 g/mol. The highest BCUT2D eigenvalue weighted by Crippen LogP contribution is 2.27. The van der Waals surface area contributed by atoms with Gasteiger partial charge in [-0.2, -0.15) is 0 Å². The van der Waals surface area contributed by atoms with Crippen LogP contribution in [0.2, 0.25) is 0 Å². The SMILES string of the molecule is [N-]=[N+]=Nc1cccc(SCCCSc2cccc(N=[N+]=[N-])c2)c1. The van der Waals surface area contributed by atoms with Crippen molar-refractivity contribution in [3.8, 4) is 0 Å². The number of hydrogen-bond acceptors (Lipinski definition) is 4. The molecule has 0 radical (unpaired) electrons. The number of hydrogen-bond donors (Lipinski definition) is 0. The van der Waals surface area contributed by atoms with Crippen molar-refractivity contribution in [1.82, 2.24) is 0 Å². The third kappa shape index (κ3) is 6.18. The lowest BCUT2D eigenvalue weighted by atomic mass is 10.3. The lowest BCUT2D eigenvalue weighted by Gasteiger charge is -2.04. The first-order valence-corrected chi connectivity index (χ1v) is 8.85. The van der Waals surface area contributed by atoms with Gasteiger partial charge in [0.1, 0.15) is 0 Å². The zero-order chi connectivity index (χ0) is 16.3. The first kappa shape index (κ1) is 17.1. The Kier molecular flexibility index (Phi) is 7.23. The zero-order valence-corrected chi connectivity index (χ0v) is 13.9. The fourth-order valence-corrected chi connectivity index (χ4v) is 3.80. The normalized spacial score (nSPS) is 9.74. The second kappa shape index (κ2) is 9.71. The summed E-state index contributed by atoms with van der Waals surface area (Å²) in [5.74, 6) is 1.98. The summed E-state index contributed by atoms with van der Waals surface area (Å²) in [5, 5.41) is 7.21. The van der Waals surface area contributed by atoms with E-state index in [1.807, 2.05) is 36.4 Å². The van der Waals surface area contributed by atoms with Crippen molar-refractivity contribution in [2.75, 3.05) is 11.5 Å². The van der Waals surface area contributed by atoms with E-state index in [2.05, 4.69) is 20.1 Å². The van der Waals surface area contributed by atoms with E-state index in [-0.39, 0.29) is 0 Å². The molecule has 0 aliphatic carbocycles. The van der Waals surface area contributed by atoms with E-state index in [1.54, 1.807) is 35.7 Å². The molecule has 0 aliphatic rings. The smallest absolute Gasteiger partial charge is 0.0386 e. The van der Waals surface area contributed by atoms with E-state index in [4.69, 9.17) is 11.1 Å². The van der Waals surface area contributed by atoms with Crippen molar-refractivity contribution in [3.05, 3.63) is 69.4 Å². The maximum Gasteiger partial charge on any atom is 0.0386 e. The minimum atomic E-state index is 0.640. The number of azide groups is 2. The van der Waals surface area contributed by atoms with Gasteiger partial charge in [-0.15, -0.1) is 23.5 Å². The van der Waals surface area contributed by atoms with Crippen LogP contribution in [0.4, 0.5) is 11.4 Å². The summed E-state index contributed by atoms with van der Waals surface area (Å²) in [6.45, 7) is 0. The molecular weight excluding hydrogens is 328 g/mol. The average Bonchev–Trinajstić information content (AvgIpc) is 2.56. The van der Waals surface area contributed by atoms with E-state index in [1.165, 1.54) is 0 Å². The summed E-state index contributed by atoms with van der Waals surface area (Å²) in [6, 6.07) is 15.2. The molecule has 2 aromatic carbocycles. The molecule has 0 atom stereocenters. The standard InChI is InChI=1S/C15H14N6S2/c16-20-18-12-4-1-6-14(10-12)22-8-3-9-23-15-7-2-5-13(11-15)19-21-17/h1-2,4-7,10-11H,3,8-9H2. The maximum absolute atomic E-state index is 8.44. The van der Waals surface area contributed by atoms with Crippen LogP contribution in [0.5, 0.6) is 0 Å². The van der Waals surface area contributed by atoms with Gasteiger partial charge in [-0.3, -0.25) is 0 Å². The highest BCUT2D eigenvalue weighted by molar-refractivity contribution is 8.00. The van der Waals surface area contributed by atoms with Crippen LogP contribution in [-0.4, -0.2) is 11.5 Å². The highest BCUT2D eigenvalue weighted by Gasteiger charge is 1.98. The molecule has 0 amide bonds. The van der Waals surface area contributed by atoms with Gasteiger partial charge in [0, 0.05) is 31.0 Å². The van der Waals surface area contributed by atoms with Crippen LogP contribution in [0.25, 0.3) is 20.9 Å². The molecule has 0 saturated heterocycles. The van der Waals surface area contributed by atoms with E-state index in [0.717, 1.165) is 27.7 Å². The van der Waals surface area contributed by atoms with Crippen molar-refractivity contribution in [2.24, 2.45) is 10.2 Å². The molecule has 0 fully saturated rings. The lowest BCUT2D eigenvalue weighted by molar-refractivity contribution is 1.12. The number of thioether (sulfide) groups is 2. The first-order chi connectivity index (χ1) is 11.3. The Hall–Kier alpha value is -2.24. The predicted molar refractivity (Wildman–Crippen MR) is 96.6 cm³/mol. The summed E-state index contributed by atoms with van der Waals surface area (Å²) in [6.07, 6.45) is 1.05. The molecule has 0 saturated carbocycles. The Morgan fingerprint density at radius 2 is 1.26 bits per heavy atom. The number of rotatable bonds is 8. The first-order valence-electron chi connectivity index (χ1n) is 6.88. The Morgan fingerprint density at radius 3 is 1.70 bits per heavy atom. The van der Waals surface area contributed by atoms with E-state index in [0.29, 0.717) is 11.4 Å². The van der Waals surface area contributed by atoms with Crippen molar-refractivity contribution < 1.29 is 0 Å². The number of benzene rings is 2. The van der Waals surface area contributed by atoms with Gasteiger partial charge >= 0.3 is 0 Å². The Bertz CT molecular complexity index is 688. The Morgan fingerprint density at radius 1 is 0.783 bits per heavy atom. The minimum Gasteiger partial charge on any atom is -0.126 e. The molecule has 6 nitrogen and oxygen atoms in total. The molecule has 23 heavy (non-hydrogen) atoms. The molecule has 2 aromatic rings. The Balaban J connectivity index is 1.75.